The molecule has 88 valence electrons. The summed E-state index contributed by atoms with van der Waals surface area (Å²) in [7, 11) is 0.0534. The first-order valence-electron chi connectivity index (χ1n) is 4.69. The number of hydrogen-bond acceptors (Lipinski definition) is 2. The van der Waals surface area contributed by atoms with Gasteiger partial charge in [0.25, 0.3) is 0 Å². The third kappa shape index (κ3) is 10.7. The van der Waals surface area contributed by atoms with E-state index in [0.29, 0.717) is 0 Å². The van der Waals surface area contributed by atoms with Gasteiger partial charge in [-0.2, -0.15) is 12.6 Å². The van der Waals surface area contributed by atoms with Crippen LogP contribution in [-0.4, -0.2) is 10.4 Å². The van der Waals surface area contributed by atoms with Gasteiger partial charge in [0, 0.05) is 0 Å². The van der Waals surface area contributed by atoms with E-state index < -0.39 is 4.49 Å². The number of halogens is 1. The third-order valence-electron chi connectivity index (χ3n) is 1.26. The molecule has 1 nitrogen and oxygen atoms in total. The van der Waals surface area contributed by atoms with Gasteiger partial charge in [0.15, 0.2) is 0 Å². The Labute approximate surface area is 115 Å². The van der Waals surface area contributed by atoms with E-state index in [0.717, 1.165) is 5.96 Å². The van der Waals surface area contributed by atoms with E-state index >= 15 is 0 Å². The lowest BCUT2D eigenvalue weighted by atomic mass is 10.4. The quantitative estimate of drug-likeness (QED) is 0.343. The van der Waals surface area contributed by atoms with E-state index in [2.05, 4.69) is 77.0 Å². The van der Waals surface area contributed by atoms with E-state index in [9.17, 15) is 4.48 Å². The smallest absolute Gasteiger partial charge is 0.0932 e. The maximum absolute atomic E-state index is 11.6. The first-order valence-corrected chi connectivity index (χ1v) is 6.21. The van der Waals surface area contributed by atoms with Crippen LogP contribution in [0.15, 0.2) is 5.21 Å². The summed E-state index contributed by atoms with van der Waals surface area (Å²) in [6.07, 6.45) is 0. The molecule has 0 saturated carbocycles. The van der Waals surface area contributed by atoms with Crippen molar-refractivity contribution in [2.75, 3.05) is 0 Å². The fourth-order valence-electron chi connectivity index (χ4n) is 0.589. The molecule has 0 aliphatic carbocycles. The van der Waals surface area contributed by atoms with Crippen LogP contribution in [0.2, 0.25) is 0 Å². The molecule has 0 radical (unpaired) electrons. The van der Waals surface area contributed by atoms with Crippen LogP contribution in [0.3, 0.4) is 0 Å². The summed E-state index contributed by atoms with van der Waals surface area (Å²) >= 11 is 4.24. The second-order valence-electron chi connectivity index (χ2n) is 2.82. The molecule has 0 saturated heterocycles. The molecule has 0 amide bonds. The van der Waals surface area contributed by atoms with Crippen molar-refractivity contribution in [3.63, 3.8) is 0 Å². The summed E-state index contributed by atoms with van der Waals surface area (Å²) < 4.78 is 10.9. The van der Waals surface area contributed by atoms with Crippen LogP contribution in [0.5, 0.6) is 0 Å². The van der Waals surface area contributed by atoms with E-state index in [4.69, 9.17) is 0 Å². The summed E-state index contributed by atoms with van der Waals surface area (Å²) in [4.78, 5) is 0. The summed E-state index contributed by atoms with van der Waals surface area (Å²) in [5.74, 6) is 26.8. The summed E-state index contributed by atoms with van der Waals surface area (Å²) in [5.41, 5.74) is 0. The third-order valence-corrected chi connectivity index (χ3v) is 2.68. The van der Waals surface area contributed by atoms with Gasteiger partial charge in [-0.25, -0.2) is 0 Å². The minimum absolute atomic E-state index is 0.0534. The molecule has 0 aliphatic rings. The second-order valence-corrected chi connectivity index (χ2v) is 5.68. The highest BCUT2D eigenvalue weighted by Crippen LogP contribution is 2.32. The first-order chi connectivity index (χ1) is 8.62. The average Bonchev–Trinajstić information content (AvgIpc) is 2.34. The average molecular weight is 273 g/mol. The van der Waals surface area contributed by atoms with Gasteiger partial charge in [-0.1, -0.05) is 21.5 Å². The maximum Gasteiger partial charge on any atom is 0.0932 e. The van der Waals surface area contributed by atoms with E-state index in [-0.39, 0.29) is 8.58 Å². The normalized spacial score (nSPS) is 11.3. The molecule has 0 fully saturated rings. The fraction of sp³-hybridized carbons (Fsp3) is 0.214. The van der Waals surface area contributed by atoms with Crippen molar-refractivity contribution in [2.24, 2.45) is 5.21 Å². The van der Waals surface area contributed by atoms with Gasteiger partial charge >= 0.3 is 0 Å². The first kappa shape index (κ1) is 16.2. The fourth-order valence-corrected chi connectivity index (χ4v) is 1.25. The minimum atomic E-state index is -0.631. The Balaban J connectivity index is 4.43. The van der Waals surface area contributed by atoms with Crippen LogP contribution < -0.4 is 0 Å². The van der Waals surface area contributed by atoms with Crippen molar-refractivity contribution in [3.05, 3.63) is 0 Å². The molecule has 18 heavy (non-hydrogen) atoms. The summed E-state index contributed by atoms with van der Waals surface area (Å²) in [6.45, 7) is 3.45. The van der Waals surface area contributed by atoms with Crippen molar-refractivity contribution in [1.29, 1.82) is 0 Å². The molecule has 0 heterocycles. The zero-order valence-electron chi connectivity index (χ0n) is 9.85. The molecular formula is C14H9FNPS. The van der Waals surface area contributed by atoms with Crippen molar-refractivity contribution in [3.8, 4) is 59.2 Å². The lowest BCUT2D eigenvalue weighted by molar-refractivity contribution is 0.543. The van der Waals surface area contributed by atoms with Crippen LogP contribution in [-0.2, 0) is 0 Å². The van der Waals surface area contributed by atoms with Gasteiger partial charge in [0.1, 0.15) is 0 Å². The molecule has 4 heteroatoms. The van der Waals surface area contributed by atoms with Crippen LogP contribution >= 0.6 is 21.2 Å². The van der Waals surface area contributed by atoms with Gasteiger partial charge in [0.05, 0.1) is 10.4 Å². The second kappa shape index (κ2) is 10.3. The predicted octanol–water partition coefficient (Wildman–Crippen LogP) is 2.26. The van der Waals surface area contributed by atoms with Gasteiger partial charge in [-0.15, -0.1) is 0 Å². The zero-order chi connectivity index (χ0) is 13.7. The highest BCUT2D eigenvalue weighted by molar-refractivity contribution is 7.91. The molecule has 0 aromatic carbocycles. The predicted molar refractivity (Wildman–Crippen MR) is 79.9 cm³/mol. The van der Waals surface area contributed by atoms with Crippen molar-refractivity contribution >= 4 is 27.2 Å². The molecule has 0 N–H and O–H groups in total. The monoisotopic (exact) mass is 273 g/mol. The Hall–Kier alpha value is -1.82. The number of hydrogen-bond donors (Lipinski definition) is 1. The maximum atomic E-state index is 11.6. The van der Waals surface area contributed by atoms with Crippen molar-refractivity contribution in [2.45, 2.75) is 18.3 Å². The lowest BCUT2D eigenvalue weighted by Gasteiger charge is -2.11. The molecule has 2 unspecified atom stereocenters. The van der Waals surface area contributed by atoms with Gasteiger partial charge < -0.3 is 0 Å². The Morgan fingerprint density at radius 1 is 1.06 bits per heavy atom. The van der Waals surface area contributed by atoms with Gasteiger partial charge in [-0.05, 0) is 69.8 Å². The lowest BCUT2D eigenvalue weighted by Crippen LogP contribution is -2.04. The van der Waals surface area contributed by atoms with Crippen molar-refractivity contribution < 1.29 is 4.48 Å². The topological polar surface area (TPSA) is 12.4 Å². The molecule has 0 bridgehead atoms. The van der Waals surface area contributed by atoms with E-state index in [1.165, 1.54) is 0 Å². The SMILES string of the molecule is CC#CC#CC#CC#CC#CC(C)(S)PC=NF. The molecule has 0 rings (SSSR count). The standard InChI is InChI=1S/C14H9FNPS/c1-3-4-5-6-7-8-9-10-11-12-14(2,18)17-13-16-15/h13,17-18H,1-2H3. The summed E-state index contributed by atoms with van der Waals surface area (Å²) in [5, 5.41) is 2.40. The minimum Gasteiger partial charge on any atom is -0.155 e. The van der Waals surface area contributed by atoms with Gasteiger partial charge in [-0.3, -0.25) is 0 Å². The highest BCUT2D eigenvalue weighted by Gasteiger charge is 2.13. The molecule has 0 aromatic heterocycles. The zero-order valence-corrected chi connectivity index (χ0v) is 11.7. The van der Waals surface area contributed by atoms with Crippen LogP contribution in [0.1, 0.15) is 13.8 Å². The van der Waals surface area contributed by atoms with Gasteiger partial charge in [0.2, 0.25) is 0 Å². The Kier molecular flexibility index (Phi) is 9.30. The van der Waals surface area contributed by atoms with Crippen LogP contribution in [0.4, 0.5) is 4.48 Å². The van der Waals surface area contributed by atoms with E-state index in [1.807, 2.05) is 0 Å². The molecular weight excluding hydrogens is 264 g/mol. The van der Waals surface area contributed by atoms with Crippen molar-refractivity contribution in [1.82, 2.24) is 0 Å². The largest absolute Gasteiger partial charge is 0.155 e. The Morgan fingerprint density at radius 2 is 1.56 bits per heavy atom. The molecule has 0 aromatic rings. The Morgan fingerprint density at radius 3 is 2.06 bits per heavy atom. The highest BCUT2D eigenvalue weighted by atomic mass is 32.1. The van der Waals surface area contributed by atoms with Crippen LogP contribution in [0.25, 0.3) is 0 Å². The summed E-state index contributed by atoms with van der Waals surface area (Å²) in [6, 6.07) is 0. The molecule has 0 spiro atoms. The number of rotatable bonds is 2. The van der Waals surface area contributed by atoms with E-state index in [1.54, 1.807) is 13.8 Å². The Bertz CT molecular complexity index is 607. The molecule has 2 atom stereocenters. The van der Waals surface area contributed by atoms with Crippen LogP contribution in [0, 0.1) is 59.2 Å². The number of nitrogens with zero attached hydrogens (tertiary/aromatic N) is 1. The molecule has 0 aliphatic heterocycles. The number of thiol groups is 1.